The zero-order valence-corrected chi connectivity index (χ0v) is 12.2. The number of para-hydroxylation sites is 1. The molecule has 1 amide bonds. The van der Waals surface area contributed by atoms with Gasteiger partial charge in [-0.3, -0.25) is 4.79 Å². The minimum absolute atomic E-state index is 0.0606. The first-order valence-electron chi connectivity index (χ1n) is 6.47. The summed E-state index contributed by atoms with van der Waals surface area (Å²) in [7, 11) is 3.93. The molecule has 1 unspecified atom stereocenters. The van der Waals surface area contributed by atoms with E-state index in [2.05, 4.69) is 11.9 Å². The van der Waals surface area contributed by atoms with Crippen LogP contribution in [-0.4, -0.2) is 49.4 Å². The fourth-order valence-corrected chi connectivity index (χ4v) is 2.75. The van der Waals surface area contributed by atoms with Crippen LogP contribution >= 0.6 is 11.6 Å². The number of hydrogen-bond donors (Lipinski definition) is 1. The van der Waals surface area contributed by atoms with E-state index < -0.39 is 0 Å². The second-order valence-corrected chi connectivity index (χ2v) is 5.71. The van der Waals surface area contributed by atoms with Crippen LogP contribution in [0.1, 0.15) is 16.8 Å². The van der Waals surface area contributed by atoms with E-state index in [1.54, 1.807) is 23.1 Å². The Balaban J connectivity index is 2.04. The van der Waals surface area contributed by atoms with Gasteiger partial charge >= 0.3 is 0 Å². The number of carbonyl (C=O) groups is 1. The maximum atomic E-state index is 12.4. The first kappa shape index (κ1) is 14.2. The lowest BCUT2D eigenvalue weighted by Crippen LogP contribution is -2.33. The quantitative estimate of drug-likeness (QED) is 0.862. The number of nitrogens with zero attached hydrogens (tertiary/aromatic N) is 2. The van der Waals surface area contributed by atoms with Crippen LogP contribution in [0.3, 0.4) is 0 Å². The molecule has 1 fully saturated rings. The molecule has 0 radical (unpaired) electrons. The van der Waals surface area contributed by atoms with E-state index in [1.165, 1.54) is 0 Å². The van der Waals surface area contributed by atoms with Gasteiger partial charge in [0.05, 0.1) is 16.3 Å². The molecule has 2 rings (SSSR count). The van der Waals surface area contributed by atoms with Gasteiger partial charge < -0.3 is 15.5 Å². The number of halogens is 1. The second kappa shape index (κ2) is 5.80. The molecule has 0 aromatic heterocycles. The number of nitrogen functional groups attached to an aromatic ring is 1. The van der Waals surface area contributed by atoms with E-state index in [4.69, 9.17) is 17.3 Å². The van der Waals surface area contributed by atoms with Crippen LogP contribution in [0.25, 0.3) is 0 Å². The highest BCUT2D eigenvalue weighted by Crippen LogP contribution is 2.24. The average molecular weight is 282 g/mol. The van der Waals surface area contributed by atoms with Crippen molar-refractivity contribution in [2.45, 2.75) is 6.42 Å². The zero-order valence-electron chi connectivity index (χ0n) is 11.4. The van der Waals surface area contributed by atoms with Crippen molar-refractivity contribution in [3.63, 3.8) is 0 Å². The molecule has 1 aromatic carbocycles. The molecule has 1 aliphatic rings. The number of benzene rings is 1. The summed E-state index contributed by atoms with van der Waals surface area (Å²) in [5.74, 6) is 0.480. The molecule has 1 heterocycles. The number of rotatable bonds is 3. The topological polar surface area (TPSA) is 49.6 Å². The first-order valence-corrected chi connectivity index (χ1v) is 6.85. The summed E-state index contributed by atoms with van der Waals surface area (Å²) in [6, 6.07) is 5.17. The Labute approximate surface area is 119 Å². The molecule has 104 valence electrons. The van der Waals surface area contributed by atoms with Crippen molar-refractivity contribution in [2.24, 2.45) is 5.92 Å². The molecule has 0 spiro atoms. The maximum absolute atomic E-state index is 12.4. The largest absolute Gasteiger partial charge is 0.397 e. The molecule has 0 aliphatic carbocycles. The van der Waals surface area contributed by atoms with Gasteiger partial charge in [-0.25, -0.2) is 0 Å². The third kappa shape index (κ3) is 3.19. The molecule has 1 aliphatic heterocycles. The second-order valence-electron chi connectivity index (χ2n) is 5.30. The number of likely N-dealkylation sites (tertiary alicyclic amines) is 1. The summed E-state index contributed by atoms with van der Waals surface area (Å²) in [5, 5.41) is 0.430. The minimum Gasteiger partial charge on any atom is -0.397 e. The highest BCUT2D eigenvalue weighted by atomic mass is 35.5. The van der Waals surface area contributed by atoms with Gasteiger partial charge in [0.2, 0.25) is 0 Å². The highest BCUT2D eigenvalue weighted by molar-refractivity contribution is 6.33. The van der Waals surface area contributed by atoms with Crippen LogP contribution in [-0.2, 0) is 0 Å². The lowest BCUT2D eigenvalue weighted by atomic mass is 10.1. The summed E-state index contributed by atoms with van der Waals surface area (Å²) in [6.45, 7) is 2.91. The lowest BCUT2D eigenvalue weighted by Gasteiger charge is -2.22. The van der Waals surface area contributed by atoms with Gasteiger partial charge in [0, 0.05) is 20.1 Å². The van der Waals surface area contributed by atoms with Gasteiger partial charge in [-0.1, -0.05) is 17.7 Å². The summed E-state index contributed by atoms with van der Waals surface area (Å²) in [5.41, 5.74) is 6.72. The molecule has 0 bridgehead atoms. The number of hydrogen-bond acceptors (Lipinski definition) is 3. The number of amides is 1. The SMILES string of the molecule is CN1CCC(CN(C)C(=O)c2cccc(Cl)c2N)C1. The zero-order chi connectivity index (χ0) is 14.0. The minimum atomic E-state index is -0.0606. The van der Waals surface area contributed by atoms with E-state index in [-0.39, 0.29) is 5.91 Å². The van der Waals surface area contributed by atoms with Crippen LogP contribution in [0.4, 0.5) is 5.69 Å². The Kier molecular flexibility index (Phi) is 4.32. The Morgan fingerprint density at radius 2 is 2.32 bits per heavy atom. The normalized spacial score (nSPS) is 19.6. The molecule has 0 saturated carbocycles. The van der Waals surface area contributed by atoms with Crippen molar-refractivity contribution in [1.29, 1.82) is 0 Å². The van der Waals surface area contributed by atoms with E-state index in [0.717, 1.165) is 26.1 Å². The predicted octanol–water partition coefficient (Wildman–Crippen LogP) is 1.95. The van der Waals surface area contributed by atoms with E-state index >= 15 is 0 Å². The molecule has 1 atom stereocenters. The van der Waals surface area contributed by atoms with Crippen LogP contribution in [0.15, 0.2) is 18.2 Å². The van der Waals surface area contributed by atoms with E-state index in [9.17, 15) is 4.79 Å². The molecule has 1 saturated heterocycles. The van der Waals surface area contributed by atoms with Crippen molar-refractivity contribution in [3.05, 3.63) is 28.8 Å². The molecule has 4 nitrogen and oxygen atoms in total. The number of carbonyl (C=O) groups excluding carboxylic acids is 1. The molecule has 1 aromatic rings. The number of nitrogens with two attached hydrogens (primary N) is 1. The average Bonchev–Trinajstić information content (AvgIpc) is 2.77. The monoisotopic (exact) mass is 281 g/mol. The lowest BCUT2D eigenvalue weighted by molar-refractivity contribution is 0.0775. The molecular formula is C14H20ClN3O. The van der Waals surface area contributed by atoms with Gasteiger partial charge in [0.1, 0.15) is 0 Å². The van der Waals surface area contributed by atoms with Gasteiger partial charge in [0.15, 0.2) is 0 Å². The fourth-order valence-electron chi connectivity index (χ4n) is 2.57. The molecular weight excluding hydrogens is 262 g/mol. The smallest absolute Gasteiger partial charge is 0.255 e. The van der Waals surface area contributed by atoms with Gasteiger partial charge in [-0.05, 0) is 38.1 Å². The summed E-state index contributed by atoms with van der Waals surface area (Å²) < 4.78 is 0. The Morgan fingerprint density at radius 1 is 1.58 bits per heavy atom. The van der Waals surface area contributed by atoms with Crippen LogP contribution in [0, 0.1) is 5.92 Å². The Hall–Kier alpha value is -1.26. The molecule has 19 heavy (non-hydrogen) atoms. The first-order chi connectivity index (χ1) is 8.99. The van der Waals surface area contributed by atoms with Crippen molar-refractivity contribution in [1.82, 2.24) is 9.80 Å². The van der Waals surface area contributed by atoms with Crippen LogP contribution < -0.4 is 5.73 Å². The summed E-state index contributed by atoms with van der Waals surface area (Å²) >= 11 is 5.95. The van der Waals surface area contributed by atoms with Crippen molar-refractivity contribution in [2.75, 3.05) is 39.5 Å². The third-order valence-corrected chi connectivity index (χ3v) is 3.98. The van der Waals surface area contributed by atoms with Crippen molar-refractivity contribution < 1.29 is 4.79 Å². The number of anilines is 1. The van der Waals surface area contributed by atoms with Gasteiger partial charge in [0.25, 0.3) is 5.91 Å². The highest BCUT2D eigenvalue weighted by Gasteiger charge is 2.24. The van der Waals surface area contributed by atoms with Crippen LogP contribution in [0.2, 0.25) is 5.02 Å². The Bertz CT molecular complexity index is 478. The molecule has 2 N–H and O–H groups in total. The molecule has 5 heteroatoms. The third-order valence-electron chi connectivity index (χ3n) is 3.65. The van der Waals surface area contributed by atoms with Crippen molar-refractivity contribution in [3.8, 4) is 0 Å². The standard InChI is InChI=1S/C14H20ClN3O/c1-17-7-6-10(8-17)9-18(2)14(19)11-4-3-5-12(15)13(11)16/h3-5,10H,6-9,16H2,1-2H3. The Morgan fingerprint density at radius 3 is 2.95 bits per heavy atom. The van der Waals surface area contributed by atoms with Crippen molar-refractivity contribution >= 4 is 23.2 Å². The summed E-state index contributed by atoms with van der Waals surface area (Å²) in [6.07, 6.45) is 1.14. The van der Waals surface area contributed by atoms with E-state index in [0.29, 0.717) is 22.2 Å². The van der Waals surface area contributed by atoms with Crippen LogP contribution in [0.5, 0.6) is 0 Å². The fraction of sp³-hybridized carbons (Fsp3) is 0.500. The summed E-state index contributed by atoms with van der Waals surface area (Å²) in [4.78, 5) is 16.4. The predicted molar refractivity (Wildman–Crippen MR) is 78.4 cm³/mol. The van der Waals surface area contributed by atoms with Gasteiger partial charge in [-0.2, -0.15) is 0 Å². The van der Waals surface area contributed by atoms with E-state index in [1.807, 2.05) is 7.05 Å². The van der Waals surface area contributed by atoms with Gasteiger partial charge in [-0.15, -0.1) is 0 Å². The maximum Gasteiger partial charge on any atom is 0.255 e.